The highest BCUT2D eigenvalue weighted by molar-refractivity contribution is 5.91. The number of nitrogens with one attached hydrogen (secondary N) is 3. The summed E-state index contributed by atoms with van der Waals surface area (Å²) in [6, 6.07) is 16.1. The summed E-state index contributed by atoms with van der Waals surface area (Å²) in [6.07, 6.45) is 0. The van der Waals surface area contributed by atoms with Crippen molar-refractivity contribution < 1.29 is 9.21 Å². The van der Waals surface area contributed by atoms with Crippen molar-refractivity contribution >= 4 is 40.1 Å². The van der Waals surface area contributed by atoms with Gasteiger partial charge in [0.2, 0.25) is 11.9 Å². The fourth-order valence-electron chi connectivity index (χ4n) is 3.16. The van der Waals surface area contributed by atoms with Gasteiger partial charge in [0.05, 0.1) is 5.52 Å². The summed E-state index contributed by atoms with van der Waals surface area (Å²) in [5.74, 6) is 0.353. The number of hydrogen-bond donors (Lipinski definition) is 3. The minimum absolute atomic E-state index is 0.136. The van der Waals surface area contributed by atoms with E-state index in [4.69, 9.17) is 4.42 Å². The number of amides is 1. The van der Waals surface area contributed by atoms with Crippen LogP contribution in [0.1, 0.15) is 12.6 Å². The number of nitrogens with zero attached hydrogens (tertiary/aromatic N) is 3. The highest BCUT2D eigenvalue weighted by Gasteiger charge is 2.12. The first kappa shape index (κ1) is 20.1. The minimum Gasteiger partial charge on any atom is -0.408 e. The van der Waals surface area contributed by atoms with Crippen molar-refractivity contribution in [2.24, 2.45) is 0 Å². The Kier molecular flexibility index (Phi) is 5.65. The first-order chi connectivity index (χ1) is 15.0. The van der Waals surface area contributed by atoms with Crippen molar-refractivity contribution in [3.8, 4) is 0 Å². The molecule has 0 aliphatic carbocycles. The summed E-state index contributed by atoms with van der Waals surface area (Å²) in [6.45, 7) is 4.49. The molecule has 2 heterocycles. The third kappa shape index (κ3) is 4.72. The van der Waals surface area contributed by atoms with Crippen molar-refractivity contribution in [1.82, 2.24) is 14.5 Å². The number of aromatic nitrogens is 3. The van der Waals surface area contributed by atoms with E-state index in [2.05, 4.69) is 25.9 Å². The Hall–Kier alpha value is -4.14. The number of para-hydroxylation sites is 2. The minimum atomic E-state index is -0.562. The Morgan fingerprint density at radius 1 is 1.06 bits per heavy atom. The van der Waals surface area contributed by atoms with Crippen LogP contribution in [-0.4, -0.2) is 27.0 Å². The third-order valence-corrected chi connectivity index (χ3v) is 4.51. The lowest BCUT2D eigenvalue weighted by atomic mass is 10.2. The van der Waals surface area contributed by atoms with Gasteiger partial charge >= 0.3 is 5.76 Å². The van der Waals surface area contributed by atoms with E-state index >= 15 is 0 Å². The second kappa shape index (κ2) is 8.70. The van der Waals surface area contributed by atoms with E-state index in [1.807, 2.05) is 32.0 Å². The first-order valence-electron chi connectivity index (χ1n) is 9.86. The van der Waals surface area contributed by atoms with Crippen LogP contribution in [0.15, 0.2) is 63.8 Å². The van der Waals surface area contributed by atoms with E-state index in [1.54, 1.807) is 36.4 Å². The van der Waals surface area contributed by atoms with Crippen molar-refractivity contribution in [3.05, 3.63) is 70.8 Å². The summed E-state index contributed by atoms with van der Waals surface area (Å²) in [5, 5.41) is 9.12. The zero-order valence-electron chi connectivity index (χ0n) is 17.2. The van der Waals surface area contributed by atoms with Gasteiger partial charge in [-0.15, -0.1) is 0 Å². The molecule has 4 aromatic rings. The number of oxazole rings is 1. The molecule has 0 fully saturated rings. The predicted octanol–water partition coefficient (Wildman–Crippen LogP) is 3.51. The molecule has 0 aliphatic rings. The molecule has 0 aliphatic heterocycles. The predicted molar refractivity (Wildman–Crippen MR) is 120 cm³/mol. The van der Waals surface area contributed by atoms with Crippen LogP contribution in [0.3, 0.4) is 0 Å². The molecule has 0 saturated heterocycles. The smallest absolute Gasteiger partial charge is 0.408 e. The van der Waals surface area contributed by atoms with Gasteiger partial charge in [0, 0.05) is 29.7 Å². The van der Waals surface area contributed by atoms with Crippen LogP contribution in [0.2, 0.25) is 0 Å². The van der Waals surface area contributed by atoms with E-state index in [1.165, 1.54) is 4.57 Å². The van der Waals surface area contributed by atoms with Gasteiger partial charge in [-0.05, 0) is 50.2 Å². The first-order valence-corrected chi connectivity index (χ1v) is 9.86. The van der Waals surface area contributed by atoms with E-state index < -0.39 is 5.76 Å². The second-order valence-corrected chi connectivity index (χ2v) is 6.92. The Morgan fingerprint density at radius 3 is 2.58 bits per heavy atom. The lowest BCUT2D eigenvalue weighted by molar-refractivity contribution is -0.116. The van der Waals surface area contributed by atoms with Gasteiger partial charge < -0.3 is 20.4 Å². The largest absolute Gasteiger partial charge is 0.420 e. The zero-order chi connectivity index (χ0) is 21.8. The highest BCUT2D eigenvalue weighted by Crippen LogP contribution is 2.19. The number of anilines is 4. The number of hydrogen-bond acceptors (Lipinski definition) is 7. The molecule has 4 rings (SSSR count). The van der Waals surface area contributed by atoms with Gasteiger partial charge in [0.25, 0.3) is 0 Å². The molecule has 0 atom stereocenters. The molecule has 0 unspecified atom stereocenters. The molecule has 3 N–H and O–H groups in total. The Morgan fingerprint density at radius 2 is 1.81 bits per heavy atom. The quantitative estimate of drug-likeness (QED) is 0.421. The monoisotopic (exact) mass is 418 g/mol. The number of benzene rings is 2. The molecular formula is C22H22N6O3. The molecule has 2 aromatic carbocycles. The molecule has 9 nitrogen and oxygen atoms in total. The molecule has 2 aromatic heterocycles. The lowest BCUT2D eigenvalue weighted by Gasteiger charge is -2.10. The average Bonchev–Trinajstić information content (AvgIpc) is 3.04. The van der Waals surface area contributed by atoms with Crippen LogP contribution in [0.5, 0.6) is 0 Å². The fraction of sp³-hybridized carbons (Fsp3) is 0.182. The molecule has 9 heteroatoms. The maximum atomic E-state index is 12.4. The topological polar surface area (TPSA) is 114 Å². The van der Waals surface area contributed by atoms with Gasteiger partial charge in [0.15, 0.2) is 5.58 Å². The molecule has 0 saturated carbocycles. The molecule has 1 amide bonds. The number of rotatable bonds is 7. The summed E-state index contributed by atoms with van der Waals surface area (Å²) >= 11 is 0. The molecule has 0 bridgehead atoms. The van der Waals surface area contributed by atoms with Crippen LogP contribution in [-0.2, 0) is 11.3 Å². The van der Waals surface area contributed by atoms with E-state index in [0.717, 1.165) is 17.9 Å². The SMILES string of the molecule is CCNc1nc(C)cc(Nc2ccc(NC(=O)Cn3c(=O)oc4ccccc43)cc2)n1. The summed E-state index contributed by atoms with van der Waals surface area (Å²) in [7, 11) is 0. The van der Waals surface area contributed by atoms with Crippen molar-refractivity contribution in [2.45, 2.75) is 20.4 Å². The lowest BCUT2D eigenvalue weighted by Crippen LogP contribution is -2.24. The van der Waals surface area contributed by atoms with E-state index in [0.29, 0.717) is 28.6 Å². The fourth-order valence-corrected chi connectivity index (χ4v) is 3.16. The molecule has 31 heavy (non-hydrogen) atoms. The summed E-state index contributed by atoms with van der Waals surface area (Å²) in [5.41, 5.74) is 3.31. The van der Waals surface area contributed by atoms with E-state index in [9.17, 15) is 9.59 Å². The van der Waals surface area contributed by atoms with Gasteiger partial charge in [-0.3, -0.25) is 9.36 Å². The summed E-state index contributed by atoms with van der Waals surface area (Å²) < 4.78 is 6.46. The summed E-state index contributed by atoms with van der Waals surface area (Å²) in [4.78, 5) is 33.2. The molecule has 0 radical (unpaired) electrons. The zero-order valence-corrected chi connectivity index (χ0v) is 17.2. The molecule has 0 spiro atoms. The number of aryl methyl sites for hydroxylation is 1. The van der Waals surface area contributed by atoms with Gasteiger partial charge in [-0.1, -0.05) is 12.1 Å². The highest BCUT2D eigenvalue weighted by atomic mass is 16.4. The van der Waals surface area contributed by atoms with Crippen LogP contribution < -0.4 is 21.7 Å². The van der Waals surface area contributed by atoms with E-state index in [-0.39, 0.29) is 12.5 Å². The second-order valence-electron chi connectivity index (χ2n) is 6.92. The Balaban J connectivity index is 1.42. The molecule has 158 valence electrons. The number of carbonyl (C=O) groups is 1. The van der Waals surface area contributed by atoms with Crippen LogP contribution in [0.25, 0.3) is 11.1 Å². The number of fused-ring (bicyclic) bond motifs is 1. The average molecular weight is 418 g/mol. The normalized spacial score (nSPS) is 10.8. The molecular weight excluding hydrogens is 396 g/mol. The van der Waals surface area contributed by atoms with Crippen molar-refractivity contribution in [3.63, 3.8) is 0 Å². The van der Waals surface area contributed by atoms with Gasteiger partial charge in [-0.2, -0.15) is 4.98 Å². The maximum Gasteiger partial charge on any atom is 0.420 e. The standard InChI is InChI=1S/C22H22N6O3/c1-3-23-21-24-14(2)12-19(27-21)25-15-8-10-16(11-9-15)26-20(29)13-28-17-6-4-5-7-18(17)31-22(28)30/h4-12H,3,13H2,1-2H3,(H,26,29)(H2,23,24,25,27). The van der Waals surface area contributed by atoms with Crippen LogP contribution in [0.4, 0.5) is 23.1 Å². The Labute approximate surface area is 178 Å². The van der Waals surface area contributed by atoms with Crippen molar-refractivity contribution in [1.29, 1.82) is 0 Å². The van der Waals surface area contributed by atoms with Crippen molar-refractivity contribution in [2.75, 3.05) is 22.5 Å². The van der Waals surface area contributed by atoms with Gasteiger partial charge in [0.1, 0.15) is 12.4 Å². The van der Waals surface area contributed by atoms with Gasteiger partial charge in [-0.25, -0.2) is 9.78 Å². The number of carbonyl (C=O) groups excluding carboxylic acids is 1. The van der Waals surface area contributed by atoms with Crippen LogP contribution in [0, 0.1) is 6.92 Å². The Bertz CT molecular complexity index is 1280. The third-order valence-electron chi connectivity index (χ3n) is 4.51. The van der Waals surface area contributed by atoms with Crippen LogP contribution >= 0.6 is 0 Å². The maximum absolute atomic E-state index is 12.4.